The van der Waals surface area contributed by atoms with Crippen LogP contribution >= 0.6 is 0 Å². The third-order valence-electron chi connectivity index (χ3n) is 17.6. The molecule has 0 aromatic heterocycles. The SMILES string of the molecule is CC[C@H]1O[C@@H](O[C@H]2[C@H](O[C@@H]3C[C@H](O)CC4=CC[C@H]5[C@@H]6C[C@@H]7O[C@]8(CCC(C)CO8)[C@@H](C)[C@@H]7[C@@]6(C)CC[C@@H]5[C@]43C)O[C@H](C)[C@H](O)[C@@H]2O[C@@H]2OC[C@@H](O)[C@H](O)[C@H]2O)[C@H](O)[C@@H](O)[C@@H]1O. The molecule has 5 saturated heterocycles. The van der Waals surface area contributed by atoms with E-state index < -0.39 is 109 Å². The van der Waals surface area contributed by atoms with Gasteiger partial charge in [-0.1, -0.05) is 46.3 Å². The van der Waals surface area contributed by atoms with Crippen LogP contribution < -0.4 is 0 Å². The van der Waals surface area contributed by atoms with Gasteiger partial charge in [-0.25, -0.2) is 0 Å². The summed E-state index contributed by atoms with van der Waals surface area (Å²) in [7, 11) is 0. The summed E-state index contributed by atoms with van der Waals surface area (Å²) in [6.45, 7) is 13.1. The fraction of sp³-hybridized carbons (Fsp3) is 0.956. The summed E-state index contributed by atoms with van der Waals surface area (Å²) in [5.41, 5.74) is 0.680. The molecule has 4 aliphatic carbocycles. The highest BCUT2D eigenvalue weighted by atomic mass is 16.8. The summed E-state index contributed by atoms with van der Waals surface area (Å²) in [4.78, 5) is 0. The Morgan fingerprint density at radius 3 is 2.20 bits per heavy atom. The van der Waals surface area contributed by atoms with Gasteiger partial charge in [-0.3, -0.25) is 0 Å². The number of hydrogen-bond donors (Lipinski definition) is 8. The highest BCUT2D eigenvalue weighted by molar-refractivity contribution is 5.29. The van der Waals surface area contributed by atoms with Crippen LogP contribution in [-0.2, 0) is 37.9 Å². The molecule has 0 aromatic carbocycles. The molecular weight excluding hydrogens is 796 g/mol. The summed E-state index contributed by atoms with van der Waals surface area (Å²) in [5.74, 6) is 1.67. The smallest absolute Gasteiger partial charge is 0.187 e. The number of aliphatic hydroxyl groups excluding tert-OH is 8. The van der Waals surface area contributed by atoms with Crippen LogP contribution in [-0.4, -0.2) is 164 Å². The Hall–Kier alpha value is -0.900. The van der Waals surface area contributed by atoms with Gasteiger partial charge < -0.3 is 78.7 Å². The zero-order valence-electron chi connectivity index (χ0n) is 36.5. The molecule has 1 spiro atoms. The largest absolute Gasteiger partial charge is 0.393 e. The van der Waals surface area contributed by atoms with Crippen molar-refractivity contribution in [3.63, 3.8) is 0 Å². The van der Waals surface area contributed by atoms with Gasteiger partial charge in [-0.15, -0.1) is 0 Å². The number of allylic oxidation sites excluding steroid dienone is 1. The molecule has 61 heavy (non-hydrogen) atoms. The number of rotatable bonds is 7. The van der Waals surface area contributed by atoms with Gasteiger partial charge in [-0.2, -0.15) is 0 Å². The fourth-order valence-corrected chi connectivity index (χ4v) is 14.0. The molecule has 0 radical (unpaired) electrons. The molecule has 1 unspecified atom stereocenters. The van der Waals surface area contributed by atoms with Crippen LogP contribution in [0.2, 0.25) is 0 Å². The molecule has 9 aliphatic rings. The highest BCUT2D eigenvalue weighted by Crippen LogP contribution is 2.71. The molecule has 3 saturated carbocycles. The van der Waals surface area contributed by atoms with Crippen molar-refractivity contribution in [1.82, 2.24) is 0 Å². The van der Waals surface area contributed by atoms with E-state index >= 15 is 0 Å². The van der Waals surface area contributed by atoms with Crippen molar-refractivity contribution in [3.8, 4) is 0 Å². The molecule has 8 fully saturated rings. The predicted molar refractivity (Wildman–Crippen MR) is 213 cm³/mol. The summed E-state index contributed by atoms with van der Waals surface area (Å²) in [5, 5.41) is 87.4. The van der Waals surface area contributed by atoms with Crippen molar-refractivity contribution < 1.29 is 78.7 Å². The van der Waals surface area contributed by atoms with Gasteiger partial charge >= 0.3 is 0 Å². The summed E-state index contributed by atoms with van der Waals surface area (Å²) >= 11 is 0. The topological polar surface area (TPSA) is 236 Å². The quantitative estimate of drug-likeness (QED) is 0.168. The lowest BCUT2D eigenvalue weighted by atomic mass is 9.46. The van der Waals surface area contributed by atoms with Gasteiger partial charge in [-0.05, 0) is 86.9 Å². The van der Waals surface area contributed by atoms with Crippen LogP contribution in [0.4, 0.5) is 0 Å². The van der Waals surface area contributed by atoms with Crippen LogP contribution in [0, 0.1) is 46.3 Å². The number of fused-ring (bicyclic) bond motifs is 7. The molecule has 9 rings (SSSR count). The Labute approximate surface area is 358 Å². The summed E-state index contributed by atoms with van der Waals surface area (Å²) < 4.78 is 51.4. The van der Waals surface area contributed by atoms with Crippen LogP contribution in [0.15, 0.2) is 11.6 Å². The molecule has 16 heteroatoms. The normalized spacial score (nSPS) is 58.4. The Kier molecular flexibility index (Phi) is 12.4. The molecular formula is C45H72O16. The van der Waals surface area contributed by atoms with Crippen molar-refractivity contribution in [2.75, 3.05) is 13.2 Å². The monoisotopic (exact) mass is 868 g/mol. The lowest BCUT2D eigenvalue weighted by molar-refractivity contribution is -0.391. The molecule has 26 atom stereocenters. The van der Waals surface area contributed by atoms with Crippen molar-refractivity contribution in [2.45, 2.75) is 209 Å². The Balaban J connectivity index is 1.01. The third-order valence-corrected chi connectivity index (χ3v) is 17.6. The van der Waals surface area contributed by atoms with Crippen molar-refractivity contribution in [3.05, 3.63) is 11.6 Å². The zero-order valence-corrected chi connectivity index (χ0v) is 36.5. The first-order chi connectivity index (χ1) is 28.9. The van der Waals surface area contributed by atoms with E-state index in [1.165, 1.54) is 0 Å². The average molecular weight is 869 g/mol. The lowest BCUT2D eigenvalue weighted by Crippen LogP contribution is -2.66. The van der Waals surface area contributed by atoms with Gasteiger partial charge in [0.05, 0.1) is 43.7 Å². The minimum Gasteiger partial charge on any atom is -0.393 e. The molecule has 5 heterocycles. The first-order valence-corrected chi connectivity index (χ1v) is 23.3. The van der Waals surface area contributed by atoms with E-state index in [1.54, 1.807) is 13.8 Å². The first-order valence-electron chi connectivity index (χ1n) is 23.3. The van der Waals surface area contributed by atoms with E-state index in [9.17, 15) is 40.9 Å². The molecule has 16 nitrogen and oxygen atoms in total. The molecule has 0 aromatic rings. The van der Waals surface area contributed by atoms with Crippen molar-refractivity contribution >= 4 is 0 Å². The van der Waals surface area contributed by atoms with Gasteiger partial charge in [0, 0.05) is 24.2 Å². The third kappa shape index (κ3) is 7.33. The number of hydrogen-bond acceptors (Lipinski definition) is 16. The van der Waals surface area contributed by atoms with Gasteiger partial charge in [0.1, 0.15) is 54.9 Å². The van der Waals surface area contributed by atoms with E-state index in [1.807, 2.05) is 0 Å². The van der Waals surface area contributed by atoms with Gasteiger partial charge in [0.2, 0.25) is 0 Å². The maximum atomic E-state index is 11.7. The first kappa shape index (κ1) is 45.3. The molecule has 5 aliphatic heterocycles. The summed E-state index contributed by atoms with van der Waals surface area (Å²) in [6, 6.07) is 0. The van der Waals surface area contributed by atoms with E-state index in [2.05, 4.69) is 33.8 Å². The number of ether oxygens (including phenoxy) is 8. The predicted octanol–water partition coefficient (Wildman–Crippen LogP) is 1.24. The van der Waals surface area contributed by atoms with E-state index in [0.29, 0.717) is 30.1 Å². The van der Waals surface area contributed by atoms with Crippen LogP contribution in [0.3, 0.4) is 0 Å². The Bertz CT molecular complexity index is 1590. The highest BCUT2D eigenvalue weighted by Gasteiger charge is 2.69. The van der Waals surface area contributed by atoms with Crippen molar-refractivity contribution in [2.24, 2.45) is 46.3 Å². The van der Waals surface area contributed by atoms with Crippen LogP contribution in [0.5, 0.6) is 0 Å². The molecule has 8 N–H and O–H groups in total. The van der Waals surface area contributed by atoms with E-state index in [-0.39, 0.29) is 42.8 Å². The van der Waals surface area contributed by atoms with Gasteiger partial charge in [0.15, 0.2) is 24.7 Å². The van der Waals surface area contributed by atoms with Crippen LogP contribution in [0.25, 0.3) is 0 Å². The van der Waals surface area contributed by atoms with E-state index in [0.717, 1.165) is 50.7 Å². The maximum Gasteiger partial charge on any atom is 0.187 e. The standard InChI is InChI=1S/C45H72O16/c1-7-28-34(50)35(51)37(53)41(57-28)60-39-38(59-40-36(52)33(49)27(47)18-54-40)32(48)21(4)56-42(39)58-30-15-23(46)14-22-8-9-24-25(44(22,30)6)11-12-43(5)26(24)16-29-31(43)20(3)45(61-29)13-10-19(2)17-55-45/h8,19-21,23-42,46-53H,7,9-18H2,1-6H3/t19?,20-,21+,23+,24+,25-,26-,27+,28+,29-,30+,31-,32-,33-,34+,35-,36+,37+,38-,39+,40-,41-,42-,43-,44-,45+/m0/s1. The zero-order chi connectivity index (χ0) is 43.5. The second-order valence-corrected chi connectivity index (χ2v) is 20.9. The van der Waals surface area contributed by atoms with Crippen molar-refractivity contribution in [1.29, 1.82) is 0 Å². The molecule has 0 amide bonds. The maximum absolute atomic E-state index is 11.7. The van der Waals surface area contributed by atoms with E-state index in [4.69, 9.17) is 37.9 Å². The molecule has 348 valence electrons. The minimum absolute atomic E-state index is 0.0691. The van der Waals surface area contributed by atoms with Crippen LogP contribution in [0.1, 0.15) is 99.3 Å². The Morgan fingerprint density at radius 1 is 0.738 bits per heavy atom. The average Bonchev–Trinajstić information content (AvgIpc) is 3.68. The van der Waals surface area contributed by atoms with Gasteiger partial charge in [0.25, 0.3) is 0 Å². The second kappa shape index (κ2) is 16.8. The number of aliphatic hydroxyl groups is 8. The Morgan fingerprint density at radius 2 is 1.48 bits per heavy atom. The second-order valence-electron chi connectivity index (χ2n) is 20.9. The lowest BCUT2D eigenvalue weighted by Gasteiger charge is -2.60. The molecule has 0 bridgehead atoms. The summed E-state index contributed by atoms with van der Waals surface area (Å²) in [6.07, 6.45) is -11.7. The minimum atomic E-state index is -1.72. The fourth-order valence-electron chi connectivity index (χ4n) is 14.0.